The maximum Gasteiger partial charge on any atom is 0.361 e. The molecule has 0 bridgehead atoms. The molecule has 0 amide bonds. The van der Waals surface area contributed by atoms with Gasteiger partial charge in [0.15, 0.2) is 0 Å². The fourth-order valence-corrected chi connectivity index (χ4v) is 1.55. The summed E-state index contributed by atoms with van der Waals surface area (Å²) in [5.41, 5.74) is 1.83. The van der Waals surface area contributed by atoms with E-state index in [2.05, 4.69) is 4.99 Å². The normalized spacial score (nSPS) is 11.6. The van der Waals surface area contributed by atoms with Gasteiger partial charge in [0.05, 0.1) is 6.54 Å². The Balaban J connectivity index is 4.00. The van der Waals surface area contributed by atoms with E-state index >= 15 is 0 Å². The van der Waals surface area contributed by atoms with Crippen LogP contribution in [0.2, 0.25) is 6.55 Å². The van der Waals surface area contributed by atoms with Crippen LogP contribution in [0.3, 0.4) is 0 Å². The Morgan fingerprint density at radius 1 is 1.50 bits per heavy atom. The molecule has 0 aromatic carbocycles. The Kier molecular flexibility index (Phi) is 5.49. The summed E-state index contributed by atoms with van der Waals surface area (Å²) in [5.74, 6) is 0. The van der Waals surface area contributed by atoms with Crippen LogP contribution in [0.25, 0.3) is 0 Å². The Morgan fingerprint density at radius 2 is 2.08 bits per heavy atom. The smallest absolute Gasteiger partial charge is 0.361 e. The van der Waals surface area contributed by atoms with Crippen molar-refractivity contribution in [1.82, 2.24) is 0 Å². The van der Waals surface area contributed by atoms with E-state index < -0.39 is 8.56 Å². The molecule has 0 aromatic heterocycles. The van der Waals surface area contributed by atoms with Gasteiger partial charge in [0, 0.05) is 14.2 Å². The number of nitrogens with zero attached hydrogens (tertiary/aromatic N) is 1. The molecule has 0 aliphatic heterocycles. The molecule has 0 fully saturated rings. The fourth-order valence-electron chi connectivity index (χ4n) is 0.576. The third kappa shape index (κ3) is 4.20. The van der Waals surface area contributed by atoms with E-state index in [0.29, 0.717) is 6.54 Å². The zero-order valence-corrected chi connectivity index (χ0v) is 8.53. The highest BCUT2D eigenvalue weighted by Gasteiger charge is 2.23. The van der Waals surface area contributed by atoms with Gasteiger partial charge in [-0.25, -0.2) is 9.79 Å². The van der Waals surface area contributed by atoms with Crippen LogP contribution < -0.4 is 0 Å². The Labute approximate surface area is 73.2 Å². The van der Waals surface area contributed by atoms with Crippen LogP contribution >= 0.6 is 0 Å². The molecular weight excluding hydrogens is 174 g/mol. The zero-order valence-electron chi connectivity index (χ0n) is 7.53. The zero-order chi connectivity index (χ0) is 9.45. The van der Waals surface area contributed by atoms with Gasteiger partial charge >= 0.3 is 8.56 Å². The molecule has 4 nitrogen and oxygen atoms in total. The number of rotatable bonds is 5. The Bertz CT molecular complexity index is 195. The second-order valence-electron chi connectivity index (χ2n) is 2.26. The second-order valence-corrected chi connectivity index (χ2v) is 5.44. The first kappa shape index (κ1) is 11.3. The molecule has 5 heteroatoms. The molecule has 12 heavy (non-hydrogen) atoms. The number of hydrogen-bond acceptors (Lipinski definition) is 4. The van der Waals surface area contributed by atoms with Gasteiger partial charge < -0.3 is 8.85 Å². The average Bonchev–Trinajstić information content (AvgIpc) is 2.12. The molecule has 0 aliphatic carbocycles. The van der Waals surface area contributed by atoms with Crippen molar-refractivity contribution >= 4 is 14.6 Å². The summed E-state index contributed by atoms with van der Waals surface area (Å²) in [4.78, 5) is 13.1. The third-order valence-electron chi connectivity index (χ3n) is 1.49. The minimum atomic E-state index is -2.12. The summed E-state index contributed by atoms with van der Waals surface area (Å²) >= 11 is 0. The minimum absolute atomic E-state index is 0.332. The predicted molar refractivity (Wildman–Crippen MR) is 47.8 cm³/mol. The van der Waals surface area contributed by atoms with E-state index in [1.165, 1.54) is 6.08 Å². The monoisotopic (exact) mass is 187 g/mol. The van der Waals surface area contributed by atoms with E-state index in [-0.39, 0.29) is 0 Å². The fraction of sp³-hybridized carbons (Fsp3) is 0.571. The first-order chi connectivity index (χ1) is 5.68. The molecule has 68 valence electrons. The SMILES string of the molecule is CO[Si](C)(C=CCN=C=O)OC. The van der Waals surface area contributed by atoms with Crippen molar-refractivity contribution < 1.29 is 13.6 Å². The summed E-state index contributed by atoms with van der Waals surface area (Å²) in [6.45, 7) is 2.23. The van der Waals surface area contributed by atoms with E-state index in [4.69, 9.17) is 8.85 Å². The van der Waals surface area contributed by atoms with Gasteiger partial charge in [-0.15, -0.1) is 0 Å². The highest BCUT2D eigenvalue weighted by atomic mass is 28.4. The number of aliphatic imine (C=N–C) groups is 1. The topological polar surface area (TPSA) is 47.9 Å². The van der Waals surface area contributed by atoms with E-state index in [9.17, 15) is 4.79 Å². The third-order valence-corrected chi connectivity index (χ3v) is 3.95. The summed E-state index contributed by atoms with van der Waals surface area (Å²) in [5, 5.41) is 0. The van der Waals surface area contributed by atoms with Crippen molar-refractivity contribution in [3.8, 4) is 0 Å². The van der Waals surface area contributed by atoms with Gasteiger partial charge in [0.25, 0.3) is 0 Å². The highest BCUT2D eigenvalue weighted by molar-refractivity contribution is 6.71. The van der Waals surface area contributed by atoms with Crippen molar-refractivity contribution in [3.05, 3.63) is 11.8 Å². The van der Waals surface area contributed by atoms with Crippen molar-refractivity contribution in [3.63, 3.8) is 0 Å². The van der Waals surface area contributed by atoms with Gasteiger partial charge in [-0.1, -0.05) is 6.08 Å². The van der Waals surface area contributed by atoms with Gasteiger partial charge in [0.2, 0.25) is 6.08 Å². The summed E-state index contributed by atoms with van der Waals surface area (Å²) in [7, 11) is 1.08. The lowest BCUT2D eigenvalue weighted by atomic mass is 10.7. The van der Waals surface area contributed by atoms with Crippen LogP contribution in [0.4, 0.5) is 0 Å². The molecule has 0 saturated heterocycles. The molecule has 0 radical (unpaired) electrons. The van der Waals surface area contributed by atoms with E-state index in [0.717, 1.165) is 0 Å². The maximum atomic E-state index is 9.69. The van der Waals surface area contributed by atoms with E-state index in [1.807, 2.05) is 12.2 Å². The molecule has 0 atom stereocenters. The molecule has 0 aromatic rings. The lowest BCUT2D eigenvalue weighted by Crippen LogP contribution is -2.33. The summed E-state index contributed by atoms with van der Waals surface area (Å²) < 4.78 is 10.3. The van der Waals surface area contributed by atoms with E-state index in [1.54, 1.807) is 20.3 Å². The molecule has 0 N–H and O–H groups in total. The van der Waals surface area contributed by atoms with Crippen molar-refractivity contribution in [2.45, 2.75) is 6.55 Å². The van der Waals surface area contributed by atoms with Gasteiger partial charge in [-0.3, -0.25) is 0 Å². The molecular formula is C7H13NO3Si. The van der Waals surface area contributed by atoms with Crippen LogP contribution in [0.15, 0.2) is 16.8 Å². The van der Waals surface area contributed by atoms with Crippen LogP contribution in [0, 0.1) is 0 Å². The molecule has 0 rings (SSSR count). The first-order valence-electron chi connectivity index (χ1n) is 3.50. The average molecular weight is 187 g/mol. The Morgan fingerprint density at radius 3 is 2.50 bits per heavy atom. The molecule has 0 unspecified atom stereocenters. The summed E-state index contributed by atoms with van der Waals surface area (Å²) in [6, 6.07) is 0. The molecule has 0 spiro atoms. The second kappa shape index (κ2) is 5.85. The predicted octanol–water partition coefficient (Wildman–Crippen LogP) is 0.782. The molecule has 0 heterocycles. The van der Waals surface area contributed by atoms with Crippen molar-refractivity contribution in [2.24, 2.45) is 4.99 Å². The number of hydrogen-bond donors (Lipinski definition) is 0. The standard InChI is InChI=1S/C7H13NO3Si/c1-10-12(3,11-2)6-4-5-8-7-9/h4,6H,5H2,1-3H3. The van der Waals surface area contributed by atoms with Crippen molar-refractivity contribution in [1.29, 1.82) is 0 Å². The van der Waals surface area contributed by atoms with Crippen LogP contribution in [-0.4, -0.2) is 35.4 Å². The van der Waals surface area contributed by atoms with Crippen LogP contribution in [0.1, 0.15) is 0 Å². The largest absolute Gasteiger partial charge is 0.395 e. The van der Waals surface area contributed by atoms with Crippen LogP contribution in [0.5, 0.6) is 0 Å². The minimum Gasteiger partial charge on any atom is -0.395 e. The Hall–Kier alpha value is -0.743. The number of carbonyl (C=O) groups excluding carboxylic acids is 1. The van der Waals surface area contributed by atoms with Gasteiger partial charge in [-0.05, 0) is 12.2 Å². The van der Waals surface area contributed by atoms with Crippen molar-refractivity contribution in [2.75, 3.05) is 20.8 Å². The first-order valence-corrected chi connectivity index (χ1v) is 5.89. The highest BCUT2D eigenvalue weighted by Crippen LogP contribution is 2.05. The van der Waals surface area contributed by atoms with Gasteiger partial charge in [0.1, 0.15) is 0 Å². The van der Waals surface area contributed by atoms with Gasteiger partial charge in [-0.2, -0.15) is 0 Å². The number of isocyanates is 1. The molecule has 0 saturated carbocycles. The maximum absolute atomic E-state index is 9.69. The lowest BCUT2D eigenvalue weighted by molar-refractivity contribution is 0.264. The summed E-state index contributed by atoms with van der Waals surface area (Å²) in [6.07, 6.45) is 3.19. The quantitative estimate of drug-likeness (QED) is 0.363. The molecule has 0 aliphatic rings. The lowest BCUT2D eigenvalue weighted by Gasteiger charge is -2.17. The van der Waals surface area contributed by atoms with Crippen LogP contribution in [-0.2, 0) is 13.6 Å².